The van der Waals surface area contributed by atoms with Gasteiger partial charge in [-0.3, -0.25) is 14.4 Å². The molecular formula is C42H47FN4O6. The van der Waals surface area contributed by atoms with E-state index >= 15 is 0 Å². The Bertz CT molecular complexity index is 2080. The minimum absolute atomic E-state index is 0.0277. The van der Waals surface area contributed by atoms with Gasteiger partial charge in [-0.1, -0.05) is 37.3 Å². The van der Waals surface area contributed by atoms with Crippen LogP contribution in [0, 0.1) is 23.1 Å². The van der Waals surface area contributed by atoms with Crippen LogP contribution in [0.2, 0.25) is 0 Å². The maximum Gasteiger partial charge on any atom is 0.272 e. The highest BCUT2D eigenvalue weighted by Gasteiger charge is 2.55. The molecule has 2 saturated carbocycles. The number of amides is 2. The number of rotatable bonds is 9. The van der Waals surface area contributed by atoms with Gasteiger partial charge in [-0.25, -0.2) is 9.49 Å². The number of phenols is 1. The second-order valence-corrected chi connectivity index (χ2v) is 15.5. The van der Waals surface area contributed by atoms with Crippen molar-refractivity contribution < 1.29 is 28.6 Å². The second-order valence-electron chi connectivity index (χ2n) is 15.5. The smallest absolute Gasteiger partial charge is 0.272 e. The average molecular weight is 723 g/mol. The van der Waals surface area contributed by atoms with Gasteiger partial charge in [0.05, 0.1) is 36.0 Å². The molecule has 5 atom stereocenters. The Morgan fingerprint density at radius 1 is 0.962 bits per heavy atom. The van der Waals surface area contributed by atoms with E-state index in [0.717, 1.165) is 25.7 Å². The number of nitrogens with zero attached hydrogens (tertiary/aromatic N) is 3. The Balaban J connectivity index is 0.786. The Hall–Kier alpha value is -4.61. The highest BCUT2D eigenvalue weighted by atomic mass is 19.1. The molecule has 3 aromatic carbocycles. The van der Waals surface area contributed by atoms with Crippen LogP contribution in [0.15, 0.2) is 65.5 Å². The number of nitrogens with one attached hydrogen (secondary N) is 1. The lowest BCUT2D eigenvalue weighted by Crippen LogP contribution is -2.51. The quantitative estimate of drug-likeness (QED) is 0.216. The number of aromatic hydroxyl groups is 1. The molecule has 0 bridgehead atoms. The van der Waals surface area contributed by atoms with Crippen LogP contribution in [0.1, 0.15) is 77.7 Å². The first-order chi connectivity index (χ1) is 25.7. The lowest BCUT2D eigenvalue weighted by Gasteiger charge is -2.50. The maximum atomic E-state index is 14.9. The van der Waals surface area contributed by atoms with Gasteiger partial charge in [0.25, 0.3) is 11.5 Å². The molecule has 4 aromatic rings. The van der Waals surface area contributed by atoms with Crippen LogP contribution < -0.4 is 5.56 Å². The number of aryl methyl sites for hydroxylation is 1. The standard InChI is InChI=1S/C42H47FN4O6/c1-42-15-14-30-29-10-8-28(48)24-27(29)7-9-31(30)35(42)11-13-38(42)53-21-20-52-25-39(49)46-16-18-47(19-17-46)41(51)34-22-26(6-12-36(34)43)23-37-32-4-2-3-5-33(32)40(50)45-44-37/h2-6,8,10,12,22,24,30-31,35,38,48H,7,9,11,13-21,23,25H2,1H3,(H,45,50)/t30-,31-,35+,38+,42+/m1/s1. The number of aromatic nitrogens is 2. The molecule has 2 N–H and O–H groups in total. The molecule has 1 aromatic heterocycles. The van der Waals surface area contributed by atoms with Gasteiger partial charge in [-0.2, -0.15) is 5.10 Å². The molecule has 4 aliphatic rings. The normalized spacial score (nSPS) is 25.2. The summed E-state index contributed by atoms with van der Waals surface area (Å²) in [7, 11) is 0. The molecule has 3 fully saturated rings. The lowest BCUT2D eigenvalue weighted by molar-refractivity contribution is -0.139. The van der Waals surface area contributed by atoms with Gasteiger partial charge in [0, 0.05) is 38.0 Å². The summed E-state index contributed by atoms with van der Waals surface area (Å²) >= 11 is 0. The molecule has 1 aliphatic heterocycles. The van der Waals surface area contributed by atoms with Crippen LogP contribution in [0.3, 0.4) is 0 Å². The molecule has 0 unspecified atom stereocenters. The largest absolute Gasteiger partial charge is 0.508 e. The van der Waals surface area contributed by atoms with E-state index in [1.807, 2.05) is 24.3 Å². The number of aromatic amines is 1. The van der Waals surface area contributed by atoms with E-state index < -0.39 is 11.7 Å². The van der Waals surface area contributed by atoms with Crippen molar-refractivity contribution in [2.45, 2.75) is 63.9 Å². The molecule has 2 heterocycles. The predicted octanol–water partition coefficient (Wildman–Crippen LogP) is 5.60. The number of hydrogen-bond donors (Lipinski definition) is 2. The molecule has 8 rings (SSSR count). The fourth-order valence-electron chi connectivity index (χ4n) is 9.97. The summed E-state index contributed by atoms with van der Waals surface area (Å²) in [6.45, 7) is 4.41. The molecule has 0 radical (unpaired) electrons. The van der Waals surface area contributed by atoms with Gasteiger partial charge in [0.1, 0.15) is 18.2 Å². The number of benzene rings is 3. The van der Waals surface area contributed by atoms with Crippen molar-refractivity contribution in [2.75, 3.05) is 46.0 Å². The molecule has 11 heteroatoms. The van der Waals surface area contributed by atoms with Crippen molar-refractivity contribution in [3.63, 3.8) is 0 Å². The zero-order valence-electron chi connectivity index (χ0n) is 30.2. The van der Waals surface area contributed by atoms with E-state index in [2.05, 4.69) is 23.2 Å². The van der Waals surface area contributed by atoms with Gasteiger partial charge in [-0.05, 0) is 109 Å². The van der Waals surface area contributed by atoms with Crippen LogP contribution in [0.25, 0.3) is 10.8 Å². The highest BCUT2D eigenvalue weighted by molar-refractivity contribution is 5.95. The number of phenolic OH excluding ortho intramolecular Hbond substituents is 1. The van der Waals surface area contributed by atoms with Crippen molar-refractivity contribution in [1.82, 2.24) is 20.0 Å². The van der Waals surface area contributed by atoms with E-state index in [1.165, 1.54) is 30.0 Å². The third kappa shape index (κ3) is 6.85. The Labute approximate surface area is 308 Å². The Morgan fingerprint density at radius 3 is 2.58 bits per heavy atom. The van der Waals surface area contributed by atoms with E-state index in [1.54, 1.807) is 34.1 Å². The summed E-state index contributed by atoms with van der Waals surface area (Å²) in [4.78, 5) is 41.9. The first kappa shape index (κ1) is 35.4. The monoisotopic (exact) mass is 722 g/mol. The summed E-state index contributed by atoms with van der Waals surface area (Å²) in [5.74, 6) is 1.04. The number of fused-ring (bicyclic) bond motifs is 6. The summed E-state index contributed by atoms with van der Waals surface area (Å²) in [5.41, 5.74) is 3.90. The lowest BCUT2D eigenvalue weighted by atomic mass is 9.55. The fraction of sp³-hybridized carbons (Fsp3) is 0.476. The van der Waals surface area contributed by atoms with Crippen LogP contribution in [-0.4, -0.2) is 89.0 Å². The van der Waals surface area contributed by atoms with E-state index in [-0.39, 0.29) is 35.2 Å². The van der Waals surface area contributed by atoms with Crippen LogP contribution in [0.4, 0.5) is 4.39 Å². The number of ether oxygens (including phenoxy) is 2. The number of hydrogen-bond acceptors (Lipinski definition) is 7. The van der Waals surface area contributed by atoms with Gasteiger partial charge < -0.3 is 24.4 Å². The fourth-order valence-corrected chi connectivity index (χ4v) is 9.97. The first-order valence-electron chi connectivity index (χ1n) is 19.0. The third-order valence-corrected chi connectivity index (χ3v) is 12.7. The van der Waals surface area contributed by atoms with Crippen molar-refractivity contribution >= 4 is 22.6 Å². The Morgan fingerprint density at radius 2 is 1.75 bits per heavy atom. The number of H-pyrrole nitrogens is 1. The molecule has 2 amide bonds. The molecule has 10 nitrogen and oxygen atoms in total. The number of carbonyl (C=O) groups is 2. The number of carbonyl (C=O) groups excluding carboxylic acids is 2. The molecule has 53 heavy (non-hydrogen) atoms. The number of halogens is 1. The molecule has 278 valence electrons. The molecule has 1 saturated heterocycles. The minimum Gasteiger partial charge on any atom is -0.508 e. The third-order valence-electron chi connectivity index (χ3n) is 12.7. The Kier molecular flexibility index (Phi) is 9.80. The van der Waals surface area contributed by atoms with Crippen LogP contribution in [-0.2, 0) is 27.1 Å². The van der Waals surface area contributed by atoms with Gasteiger partial charge in [-0.15, -0.1) is 0 Å². The van der Waals surface area contributed by atoms with Crippen molar-refractivity contribution in [1.29, 1.82) is 0 Å². The molecular weight excluding hydrogens is 675 g/mol. The van der Waals surface area contributed by atoms with Crippen molar-refractivity contribution in [3.05, 3.63) is 105 Å². The summed E-state index contributed by atoms with van der Waals surface area (Å²) in [6.07, 6.45) is 7.19. The van der Waals surface area contributed by atoms with Gasteiger partial charge in [0.15, 0.2) is 0 Å². The summed E-state index contributed by atoms with van der Waals surface area (Å²) in [5, 5.41) is 17.9. The summed E-state index contributed by atoms with van der Waals surface area (Å²) in [6, 6.07) is 17.6. The SMILES string of the molecule is C[C@]12CC[C@@H]3c4ccc(O)cc4CC[C@H]3[C@@H]1CC[C@@H]2OCCOCC(=O)N1CCN(C(=O)c2cc(Cc3n[nH]c(=O)c4ccccc34)ccc2F)CC1. The van der Waals surface area contributed by atoms with Crippen molar-refractivity contribution in [2.24, 2.45) is 17.3 Å². The minimum atomic E-state index is -0.608. The average Bonchev–Trinajstić information content (AvgIpc) is 3.52. The van der Waals surface area contributed by atoms with Crippen LogP contribution in [0.5, 0.6) is 5.75 Å². The zero-order valence-corrected chi connectivity index (χ0v) is 30.2. The van der Waals surface area contributed by atoms with Crippen LogP contribution >= 0.6 is 0 Å². The number of piperazine rings is 1. The van der Waals surface area contributed by atoms with Gasteiger partial charge >= 0.3 is 0 Å². The predicted molar refractivity (Wildman–Crippen MR) is 197 cm³/mol. The van der Waals surface area contributed by atoms with Crippen molar-refractivity contribution in [3.8, 4) is 5.75 Å². The molecule has 0 spiro atoms. The van der Waals surface area contributed by atoms with Gasteiger partial charge in [0.2, 0.25) is 5.91 Å². The topological polar surface area (TPSA) is 125 Å². The highest BCUT2D eigenvalue weighted by Crippen LogP contribution is 2.61. The maximum absolute atomic E-state index is 14.9. The van der Waals surface area contributed by atoms with E-state index in [9.17, 15) is 23.9 Å². The zero-order chi connectivity index (χ0) is 36.7. The van der Waals surface area contributed by atoms with E-state index in [0.29, 0.717) is 91.3 Å². The second kappa shape index (κ2) is 14.7. The first-order valence-corrected chi connectivity index (χ1v) is 19.0. The van der Waals surface area contributed by atoms with E-state index in [4.69, 9.17) is 9.47 Å². The summed E-state index contributed by atoms with van der Waals surface area (Å²) < 4.78 is 27.2. The molecule has 3 aliphatic carbocycles.